The maximum atomic E-state index is 6.04. The van der Waals surface area contributed by atoms with Crippen LogP contribution in [0.1, 0.15) is 43.6 Å². The summed E-state index contributed by atoms with van der Waals surface area (Å²) >= 11 is 0. The minimum atomic E-state index is 0.161. The molecule has 2 aromatic rings. The van der Waals surface area contributed by atoms with Crippen molar-refractivity contribution in [1.82, 2.24) is 10.1 Å². The summed E-state index contributed by atoms with van der Waals surface area (Å²) in [6.45, 7) is 2.77. The van der Waals surface area contributed by atoms with E-state index in [0.29, 0.717) is 12.4 Å². The smallest absolute Gasteiger partial charge is 0.227 e. The summed E-state index contributed by atoms with van der Waals surface area (Å²) in [7, 11) is 0. The number of rotatable bonds is 4. The molecule has 1 aromatic heterocycles. The SMILES string of the molecule is Cc1ccccc1-c1noc(CC2(CN)CCCCC2)n1. The zero-order chi connectivity index (χ0) is 14.7. The van der Waals surface area contributed by atoms with E-state index in [9.17, 15) is 0 Å². The van der Waals surface area contributed by atoms with Crippen LogP contribution >= 0.6 is 0 Å². The molecule has 112 valence electrons. The van der Waals surface area contributed by atoms with Gasteiger partial charge in [-0.15, -0.1) is 0 Å². The van der Waals surface area contributed by atoms with Crippen molar-refractivity contribution in [2.75, 3.05) is 6.54 Å². The van der Waals surface area contributed by atoms with Gasteiger partial charge in [-0.1, -0.05) is 48.7 Å². The Balaban J connectivity index is 1.80. The lowest BCUT2D eigenvalue weighted by Crippen LogP contribution is -2.35. The molecule has 1 aromatic carbocycles. The Kier molecular flexibility index (Phi) is 4.06. The van der Waals surface area contributed by atoms with Gasteiger partial charge in [0, 0.05) is 12.0 Å². The molecule has 1 saturated carbocycles. The molecule has 1 heterocycles. The molecule has 0 spiro atoms. The summed E-state index contributed by atoms with van der Waals surface area (Å²) in [6, 6.07) is 8.11. The lowest BCUT2D eigenvalue weighted by molar-refractivity contribution is 0.177. The Labute approximate surface area is 125 Å². The van der Waals surface area contributed by atoms with Crippen LogP contribution in [-0.4, -0.2) is 16.7 Å². The first-order valence-electron chi connectivity index (χ1n) is 7.81. The number of aromatic nitrogens is 2. The van der Waals surface area contributed by atoms with E-state index in [1.165, 1.54) is 32.1 Å². The molecule has 1 aliphatic carbocycles. The lowest BCUT2D eigenvalue weighted by Gasteiger charge is -2.34. The van der Waals surface area contributed by atoms with Crippen LogP contribution in [0, 0.1) is 12.3 Å². The van der Waals surface area contributed by atoms with Gasteiger partial charge in [-0.05, 0) is 37.3 Å². The van der Waals surface area contributed by atoms with Gasteiger partial charge >= 0.3 is 0 Å². The molecule has 0 bridgehead atoms. The monoisotopic (exact) mass is 285 g/mol. The molecule has 21 heavy (non-hydrogen) atoms. The summed E-state index contributed by atoms with van der Waals surface area (Å²) in [5.74, 6) is 1.41. The van der Waals surface area contributed by atoms with E-state index in [0.717, 1.165) is 23.4 Å². The average Bonchev–Trinajstić information content (AvgIpc) is 2.97. The third-order valence-corrected chi connectivity index (χ3v) is 4.73. The predicted molar refractivity (Wildman–Crippen MR) is 82.7 cm³/mol. The van der Waals surface area contributed by atoms with Crippen molar-refractivity contribution >= 4 is 0 Å². The largest absolute Gasteiger partial charge is 0.339 e. The second kappa shape index (κ2) is 5.98. The third-order valence-electron chi connectivity index (χ3n) is 4.73. The van der Waals surface area contributed by atoms with E-state index < -0.39 is 0 Å². The molecule has 0 atom stereocenters. The molecule has 2 N–H and O–H groups in total. The number of hydrogen-bond donors (Lipinski definition) is 1. The second-order valence-electron chi connectivity index (χ2n) is 6.27. The number of nitrogens with zero attached hydrogens (tertiary/aromatic N) is 2. The highest BCUT2D eigenvalue weighted by molar-refractivity contribution is 5.58. The number of benzene rings is 1. The molecule has 0 amide bonds. The van der Waals surface area contributed by atoms with Gasteiger partial charge in [0.2, 0.25) is 11.7 Å². The highest BCUT2D eigenvalue weighted by atomic mass is 16.5. The van der Waals surface area contributed by atoms with Gasteiger partial charge in [-0.25, -0.2) is 0 Å². The zero-order valence-corrected chi connectivity index (χ0v) is 12.6. The first-order chi connectivity index (χ1) is 10.2. The molecular formula is C17H23N3O. The Morgan fingerprint density at radius 2 is 1.95 bits per heavy atom. The minimum absolute atomic E-state index is 0.161. The quantitative estimate of drug-likeness (QED) is 0.933. The van der Waals surface area contributed by atoms with Crippen molar-refractivity contribution in [3.05, 3.63) is 35.7 Å². The summed E-state index contributed by atoms with van der Waals surface area (Å²) in [5.41, 5.74) is 8.40. The fourth-order valence-electron chi connectivity index (χ4n) is 3.34. The van der Waals surface area contributed by atoms with Crippen LogP contribution in [0.15, 0.2) is 28.8 Å². The molecule has 4 heteroatoms. The summed E-state index contributed by atoms with van der Waals surface area (Å²) in [6.07, 6.45) is 6.99. The lowest BCUT2D eigenvalue weighted by atomic mass is 9.72. The fraction of sp³-hybridized carbons (Fsp3) is 0.529. The summed E-state index contributed by atoms with van der Waals surface area (Å²) in [4.78, 5) is 4.60. The molecule has 0 radical (unpaired) electrons. The van der Waals surface area contributed by atoms with Crippen LogP contribution in [0.3, 0.4) is 0 Å². The summed E-state index contributed by atoms with van der Waals surface area (Å²) < 4.78 is 5.49. The average molecular weight is 285 g/mol. The molecule has 0 aliphatic heterocycles. The Morgan fingerprint density at radius 1 is 1.19 bits per heavy atom. The normalized spacial score (nSPS) is 17.8. The fourth-order valence-corrected chi connectivity index (χ4v) is 3.34. The van der Waals surface area contributed by atoms with Gasteiger partial charge in [0.05, 0.1) is 0 Å². The second-order valence-corrected chi connectivity index (χ2v) is 6.27. The van der Waals surface area contributed by atoms with Crippen LogP contribution < -0.4 is 5.73 Å². The first kappa shape index (κ1) is 14.3. The summed E-state index contributed by atoms with van der Waals surface area (Å²) in [5, 5.41) is 4.15. The maximum Gasteiger partial charge on any atom is 0.227 e. The van der Waals surface area contributed by atoms with Crippen LogP contribution in [0.5, 0.6) is 0 Å². The van der Waals surface area contributed by atoms with Gasteiger partial charge in [0.15, 0.2) is 0 Å². The molecule has 1 aliphatic rings. The van der Waals surface area contributed by atoms with Gasteiger partial charge in [-0.2, -0.15) is 4.98 Å². The van der Waals surface area contributed by atoms with Crippen LogP contribution in [0.4, 0.5) is 0 Å². The van der Waals surface area contributed by atoms with E-state index >= 15 is 0 Å². The van der Waals surface area contributed by atoms with Gasteiger partial charge < -0.3 is 10.3 Å². The van der Waals surface area contributed by atoms with E-state index in [1.54, 1.807) is 0 Å². The molecular weight excluding hydrogens is 262 g/mol. The van der Waals surface area contributed by atoms with Crippen molar-refractivity contribution in [2.45, 2.75) is 45.4 Å². The first-order valence-corrected chi connectivity index (χ1v) is 7.81. The molecule has 3 rings (SSSR count). The Bertz CT molecular complexity index is 600. The van der Waals surface area contributed by atoms with E-state index in [4.69, 9.17) is 10.3 Å². The van der Waals surface area contributed by atoms with Crippen LogP contribution in [-0.2, 0) is 6.42 Å². The van der Waals surface area contributed by atoms with Crippen LogP contribution in [0.2, 0.25) is 0 Å². The topological polar surface area (TPSA) is 64.9 Å². The molecule has 0 unspecified atom stereocenters. The maximum absolute atomic E-state index is 6.04. The molecule has 0 saturated heterocycles. The Hall–Kier alpha value is -1.68. The van der Waals surface area contributed by atoms with E-state index in [1.807, 2.05) is 18.2 Å². The minimum Gasteiger partial charge on any atom is -0.339 e. The van der Waals surface area contributed by atoms with Crippen molar-refractivity contribution in [2.24, 2.45) is 11.1 Å². The highest BCUT2D eigenvalue weighted by Gasteiger charge is 2.33. The van der Waals surface area contributed by atoms with E-state index in [-0.39, 0.29) is 5.41 Å². The third kappa shape index (κ3) is 3.00. The van der Waals surface area contributed by atoms with E-state index in [2.05, 4.69) is 23.1 Å². The number of nitrogens with two attached hydrogens (primary N) is 1. The Morgan fingerprint density at radius 3 is 2.67 bits per heavy atom. The highest BCUT2D eigenvalue weighted by Crippen LogP contribution is 2.38. The van der Waals surface area contributed by atoms with Gasteiger partial charge in [0.1, 0.15) is 0 Å². The van der Waals surface area contributed by atoms with Crippen molar-refractivity contribution in [3.63, 3.8) is 0 Å². The van der Waals surface area contributed by atoms with Gasteiger partial charge in [-0.3, -0.25) is 0 Å². The van der Waals surface area contributed by atoms with Crippen molar-refractivity contribution < 1.29 is 4.52 Å². The van der Waals surface area contributed by atoms with Crippen molar-refractivity contribution in [3.8, 4) is 11.4 Å². The number of hydrogen-bond acceptors (Lipinski definition) is 4. The molecule has 1 fully saturated rings. The number of aryl methyl sites for hydroxylation is 1. The predicted octanol–water partition coefficient (Wildman–Crippen LogP) is 3.50. The standard InChI is InChI=1S/C17H23N3O/c1-13-7-3-4-8-14(13)16-19-15(21-20-16)11-17(12-18)9-5-2-6-10-17/h3-4,7-8H,2,5-6,9-12,18H2,1H3. The zero-order valence-electron chi connectivity index (χ0n) is 12.6. The van der Waals surface area contributed by atoms with Crippen molar-refractivity contribution in [1.29, 1.82) is 0 Å². The molecule has 4 nitrogen and oxygen atoms in total. The van der Waals surface area contributed by atoms with Gasteiger partial charge in [0.25, 0.3) is 0 Å². The van der Waals surface area contributed by atoms with Crippen LogP contribution in [0.25, 0.3) is 11.4 Å².